The minimum Gasteiger partial charge on any atom is -0.448 e. The Bertz CT molecular complexity index is 404. The average molecular weight is 218 g/mol. The molecular formula is C13H14O3. The van der Waals surface area contributed by atoms with Crippen molar-refractivity contribution in [1.29, 1.82) is 0 Å². The van der Waals surface area contributed by atoms with Gasteiger partial charge in [0.15, 0.2) is 5.60 Å². The Labute approximate surface area is 94.7 Å². The molecule has 0 saturated carbocycles. The van der Waals surface area contributed by atoms with Crippen LogP contribution in [-0.4, -0.2) is 17.4 Å². The highest BCUT2D eigenvalue weighted by molar-refractivity contribution is 6.03. The Morgan fingerprint density at radius 3 is 2.31 bits per heavy atom. The van der Waals surface area contributed by atoms with E-state index in [4.69, 9.17) is 4.74 Å². The third kappa shape index (κ3) is 2.79. The summed E-state index contributed by atoms with van der Waals surface area (Å²) in [6, 6.07) is 8.72. The minimum absolute atomic E-state index is 0.233. The van der Waals surface area contributed by atoms with Gasteiger partial charge in [0, 0.05) is 11.6 Å². The van der Waals surface area contributed by atoms with Crippen LogP contribution in [0.15, 0.2) is 43.0 Å². The molecule has 0 spiro atoms. The highest BCUT2D eigenvalue weighted by atomic mass is 16.6. The van der Waals surface area contributed by atoms with Crippen molar-refractivity contribution in [2.45, 2.75) is 19.4 Å². The SMILES string of the molecule is C=CC(=O)OC(C)(C)C(=O)c1ccccc1. The Hall–Kier alpha value is -1.90. The smallest absolute Gasteiger partial charge is 0.331 e. The maximum Gasteiger partial charge on any atom is 0.331 e. The Balaban J connectivity index is 2.88. The van der Waals surface area contributed by atoms with Gasteiger partial charge in [0.2, 0.25) is 5.78 Å². The van der Waals surface area contributed by atoms with E-state index in [2.05, 4.69) is 6.58 Å². The average Bonchev–Trinajstić information content (AvgIpc) is 2.28. The molecule has 0 amide bonds. The molecule has 3 heteroatoms. The van der Waals surface area contributed by atoms with E-state index in [1.807, 2.05) is 6.07 Å². The topological polar surface area (TPSA) is 43.4 Å². The van der Waals surface area contributed by atoms with Gasteiger partial charge in [-0.1, -0.05) is 36.9 Å². The summed E-state index contributed by atoms with van der Waals surface area (Å²) in [6.45, 7) is 6.41. The molecule has 0 fully saturated rings. The number of carbonyl (C=O) groups is 2. The molecule has 0 unspecified atom stereocenters. The number of Topliss-reactive ketones (excluding diaryl/α,β-unsaturated/α-hetero) is 1. The van der Waals surface area contributed by atoms with E-state index < -0.39 is 11.6 Å². The Morgan fingerprint density at radius 1 is 1.25 bits per heavy atom. The van der Waals surface area contributed by atoms with Crippen molar-refractivity contribution in [3.05, 3.63) is 48.6 Å². The number of carbonyl (C=O) groups excluding carboxylic acids is 2. The zero-order chi connectivity index (χ0) is 12.2. The van der Waals surface area contributed by atoms with E-state index in [-0.39, 0.29) is 5.78 Å². The van der Waals surface area contributed by atoms with Gasteiger partial charge in [-0.3, -0.25) is 4.79 Å². The first-order chi connectivity index (χ1) is 7.47. The van der Waals surface area contributed by atoms with Crippen LogP contribution in [-0.2, 0) is 9.53 Å². The molecule has 0 saturated heterocycles. The quantitative estimate of drug-likeness (QED) is 0.442. The molecule has 1 aromatic rings. The summed E-state index contributed by atoms with van der Waals surface area (Å²) in [5, 5.41) is 0. The lowest BCUT2D eigenvalue weighted by atomic mass is 9.96. The highest BCUT2D eigenvalue weighted by Crippen LogP contribution is 2.17. The maximum absolute atomic E-state index is 12.0. The van der Waals surface area contributed by atoms with Crippen LogP contribution in [0.3, 0.4) is 0 Å². The fraction of sp³-hybridized carbons (Fsp3) is 0.231. The molecule has 84 valence electrons. The largest absolute Gasteiger partial charge is 0.448 e. The van der Waals surface area contributed by atoms with E-state index >= 15 is 0 Å². The Morgan fingerprint density at radius 2 is 1.81 bits per heavy atom. The summed E-state index contributed by atoms with van der Waals surface area (Å²) in [4.78, 5) is 23.1. The van der Waals surface area contributed by atoms with Crippen molar-refractivity contribution in [2.75, 3.05) is 0 Å². The number of rotatable bonds is 4. The van der Waals surface area contributed by atoms with E-state index in [9.17, 15) is 9.59 Å². The number of hydrogen-bond acceptors (Lipinski definition) is 3. The van der Waals surface area contributed by atoms with Gasteiger partial charge in [0.05, 0.1) is 0 Å². The van der Waals surface area contributed by atoms with Crippen LogP contribution in [0.25, 0.3) is 0 Å². The fourth-order valence-electron chi connectivity index (χ4n) is 1.28. The van der Waals surface area contributed by atoms with Gasteiger partial charge in [-0.2, -0.15) is 0 Å². The lowest BCUT2D eigenvalue weighted by Crippen LogP contribution is -2.36. The predicted molar refractivity (Wildman–Crippen MR) is 61.1 cm³/mol. The monoisotopic (exact) mass is 218 g/mol. The van der Waals surface area contributed by atoms with Gasteiger partial charge in [-0.15, -0.1) is 0 Å². The van der Waals surface area contributed by atoms with Crippen molar-refractivity contribution in [2.24, 2.45) is 0 Å². The third-order valence-corrected chi connectivity index (χ3v) is 2.11. The molecule has 0 bridgehead atoms. The van der Waals surface area contributed by atoms with Crippen LogP contribution in [0, 0.1) is 0 Å². The molecule has 0 aliphatic carbocycles. The molecule has 3 nitrogen and oxygen atoms in total. The van der Waals surface area contributed by atoms with Crippen LogP contribution >= 0.6 is 0 Å². The van der Waals surface area contributed by atoms with E-state index in [0.717, 1.165) is 6.08 Å². The molecule has 0 aliphatic heterocycles. The normalized spacial score (nSPS) is 10.6. The zero-order valence-corrected chi connectivity index (χ0v) is 9.40. The lowest BCUT2D eigenvalue weighted by Gasteiger charge is -2.22. The van der Waals surface area contributed by atoms with Crippen LogP contribution < -0.4 is 0 Å². The minimum atomic E-state index is -1.17. The van der Waals surface area contributed by atoms with Crippen LogP contribution in [0.2, 0.25) is 0 Å². The van der Waals surface area contributed by atoms with E-state index in [1.54, 1.807) is 38.1 Å². The number of ketones is 1. The second kappa shape index (κ2) is 4.75. The second-order valence-corrected chi connectivity index (χ2v) is 3.83. The standard InChI is InChI=1S/C13H14O3/c1-4-11(14)16-13(2,3)12(15)10-8-6-5-7-9-10/h4-9H,1H2,2-3H3. The molecule has 16 heavy (non-hydrogen) atoms. The number of hydrogen-bond donors (Lipinski definition) is 0. The summed E-state index contributed by atoms with van der Waals surface area (Å²) in [6.07, 6.45) is 1.04. The van der Waals surface area contributed by atoms with Crippen LogP contribution in [0.4, 0.5) is 0 Å². The predicted octanol–water partition coefficient (Wildman–Crippen LogP) is 2.38. The second-order valence-electron chi connectivity index (χ2n) is 3.83. The molecule has 1 rings (SSSR count). The van der Waals surface area contributed by atoms with Crippen LogP contribution in [0.5, 0.6) is 0 Å². The summed E-state index contributed by atoms with van der Waals surface area (Å²) in [7, 11) is 0. The first-order valence-electron chi connectivity index (χ1n) is 4.92. The van der Waals surface area contributed by atoms with Crippen molar-refractivity contribution < 1.29 is 14.3 Å². The highest BCUT2D eigenvalue weighted by Gasteiger charge is 2.31. The summed E-state index contributed by atoms with van der Waals surface area (Å²) >= 11 is 0. The summed E-state index contributed by atoms with van der Waals surface area (Å²) in [5.41, 5.74) is -0.656. The van der Waals surface area contributed by atoms with Gasteiger partial charge in [0.25, 0.3) is 0 Å². The maximum atomic E-state index is 12.0. The fourth-order valence-corrected chi connectivity index (χ4v) is 1.28. The first kappa shape index (κ1) is 12.2. The molecular weight excluding hydrogens is 204 g/mol. The van der Waals surface area contributed by atoms with Crippen molar-refractivity contribution in [3.63, 3.8) is 0 Å². The lowest BCUT2D eigenvalue weighted by molar-refractivity contribution is -0.146. The molecule has 0 radical (unpaired) electrons. The van der Waals surface area contributed by atoms with Crippen molar-refractivity contribution in [3.8, 4) is 0 Å². The van der Waals surface area contributed by atoms with E-state index in [0.29, 0.717) is 5.56 Å². The first-order valence-corrected chi connectivity index (χ1v) is 4.92. The molecule has 0 aliphatic rings. The van der Waals surface area contributed by atoms with Gasteiger partial charge in [-0.05, 0) is 13.8 Å². The summed E-state index contributed by atoms with van der Waals surface area (Å²) in [5.74, 6) is -0.836. The van der Waals surface area contributed by atoms with Gasteiger partial charge >= 0.3 is 5.97 Å². The third-order valence-electron chi connectivity index (χ3n) is 2.11. The molecule has 0 heterocycles. The van der Waals surface area contributed by atoms with Crippen molar-refractivity contribution in [1.82, 2.24) is 0 Å². The van der Waals surface area contributed by atoms with Gasteiger partial charge < -0.3 is 4.74 Å². The van der Waals surface area contributed by atoms with Gasteiger partial charge in [0.1, 0.15) is 0 Å². The number of benzene rings is 1. The van der Waals surface area contributed by atoms with E-state index in [1.165, 1.54) is 0 Å². The molecule has 1 aromatic carbocycles. The number of esters is 1. The zero-order valence-electron chi connectivity index (χ0n) is 9.40. The summed E-state index contributed by atoms with van der Waals surface area (Å²) < 4.78 is 5.00. The Kier molecular flexibility index (Phi) is 3.61. The number of ether oxygens (including phenoxy) is 1. The molecule has 0 aromatic heterocycles. The molecule has 0 atom stereocenters. The van der Waals surface area contributed by atoms with Gasteiger partial charge in [-0.25, -0.2) is 4.79 Å². The molecule has 0 N–H and O–H groups in total. The van der Waals surface area contributed by atoms with Crippen molar-refractivity contribution >= 4 is 11.8 Å². The van der Waals surface area contributed by atoms with Crippen LogP contribution in [0.1, 0.15) is 24.2 Å².